The molecule has 1 aliphatic heterocycles. The van der Waals surface area contributed by atoms with E-state index in [2.05, 4.69) is 30.2 Å². The first-order valence-electron chi connectivity index (χ1n) is 11.5. The Bertz CT molecular complexity index is 1420. The number of aryl methyl sites for hydroxylation is 1. The minimum absolute atomic E-state index is 0.123. The van der Waals surface area contributed by atoms with E-state index in [4.69, 9.17) is 4.74 Å². The van der Waals surface area contributed by atoms with Crippen molar-refractivity contribution in [2.45, 2.75) is 12.8 Å². The first kappa shape index (κ1) is 24.4. The summed E-state index contributed by atoms with van der Waals surface area (Å²) in [6.07, 6.45) is -2.08. The van der Waals surface area contributed by atoms with Gasteiger partial charge < -0.3 is 24.7 Å². The Morgan fingerprint density at radius 3 is 2.46 bits per heavy atom. The van der Waals surface area contributed by atoms with Crippen molar-refractivity contribution in [2.24, 2.45) is 7.05 Å². The lowest BCUT2D eigenvalue weighted by molar-refractivity contribution is -0.274. The second kappa shape index (κ2) is 9.97. The van der Waals surface area contributed by atoms with Gasteiger partial charge in [0.15, 0.2) is 0 Å². The molecule has 37 heavy (non-hydrogen) atoms. The smallest absolute Gasteiger partial charge is 0.457 e. The predicted molar refractivity (Wildman–Crippen MR) is 131 cm³/mol. The van der Waals surface area contributed by atoms with E-state index >= 15 is 0 Å². The largest absolute Gasteiger partial charge is 0.573 e. The van der Waals surface area contributed by atoms with Crippen molar-refractivity contribution in [1.82, 2.24) is 19.4 Å². The summed E-state index contributed by atoms with van der Waals surface area (Å²) in [6, 6.07) is 14.1. The summed E-state index contributed by atoms with van der Waals surface area (Å²) >= 11 is 0. The molecule has 0 aliphatic carbocycles. The number of ether oxygens (including phenoxy) is 2. The minimum atomic E-state index is -4.74. The molecule has 5 rings (SSSR count). The molecule has 12 heteroatoms. The summed E-state index contributed by atoms with van der Waals surface area (Å²) in [5.41, 5.74) is 2.02. The maximum absolute atomic E-state index is 12.4. The van der Waals surface area contributed by atoms with Gasteiger partial charge in [-0.3, -0.25) is 9.69 Å². The Hall–Kier alpha value is -4.32. The minimum Gasteiger partial charge on any atom is -0.457 e. The van der Waals surface area contributed by atoms with Gasteiger partial charge in [0, 0.05) is 31.1 Å². The third kappa shape index (κ3) is 6.09. The lowest BCUT2D eigenvalue weighted by Crippen LogP contribution is -2.42. The summed E-state index contributed by atoms with van der Waals surface area (Å²) in [5, 5.41) is 5.88. The Morgan fingerprint density at radius 2 is 1.76 bits per heavy atom. The van der Waals surface area contributed by atoms with Crippen molar-refractivity contribution in [2.75, 3.05) is 30.3 Å². The molecule has 192 valence electrons. The molecule has 2 N–H and O–H groups in total. The van der Waals surface area contributed by atoms with E-state index in [9.17, 15) is 18.0 Å². The molecule has 0 bridgehead atoms. The number of aromatic nitrogens is 3. The summed E-state index contributed by atoms with van der Waals surface area (Å²) < 4.78 is 48.8. The van der Waals surface area contributed by atoms with Crippen LogP contribution in [0.15, 0.2) is 60.8 Å². The highest BCUT2D eigenvalue weighted by atomic mass is 19.4. The number of imidazole rings is 1. The van der Waals surface area contributed by atoms with Crippen LogP contribution < -0.4 is 20.1 Å². The summed E-state index contributed by atoms with van der Waals surface area (Å²) in [7, 11) is 1.82. The van der Waals surface area contributed by atoms with Gasteiger partial charge in [-0.15, -0.1) is 13.2 Å². The van der Waals surface area contributed by atoms with Crippen molar-refractivity contribution in [3.05, 3.63) is 60.8 Å². The zero-order chi connectivity index (χ0) is 26.0. The fourth-order valence-corrected chi connectivity index (χ4v) is 3.83. The van der Waals surface area contributed by atoms with Crippen LogP contribution in [0.4, 0.5) is 30.6 Å². The van der Waals surface area contributed by atoms with Crippen LogP contribution in [0.1, 0.15) is 6.42 Å². The molecule has 0 saturated carbocycles. The van der Waals surface area contributed by atoms with Gasteiger partial charge in [0.25, 0.3) is 0 Å². The first-order chi connectivity index (χ1) is 17.7. The molecular formula is C25H23F3N6O3. The van der Waals surface area contributed by atoms with Crippen LogP contribution in [0, 0.1) is 0 Å². The number of rotatable bonds is 8. The normalized spacial score (nSPS) is 13.7. The quantitative estimate of drug-likeness (QED) is 0.341. The number of hydrogen-bond acceptors (Lipinski definition) is 7. The standard InChI is InChI=1S/C25H23F3N6O3/c1-33-21-8-7-18(36-19-9-10-29-22(14-19)32-23(35)15-34-11-2-12-34)13-20(21)31-24(33)30-16-3-5-17(6-4-16)37-25(26,27)28/h3-10,13-14H,2,11-12,15H2,1H3,(H,30,31)(H,29,32,35). The number of benzene rings is 2. The summed E-state index contributed by atoms with van der Waals surface area (Å²) in [4.78, 5) is 23.0. The first-order valence-corrected chi connectivity index (χ1v) is 11.5. The van der Waals surface area contributed by atoms with Crippen LogP contribution in [0.2, 0.25) is 0 Å². The molecule has 1 amide bonds. The highest BCUT2D eigenvalue weighted by Crippen LogP contribution is 2.30. The summed E-state index contributed by atoms with van der Waals surface area (Å²) in [6.45, 7) is 2.20. The molecule has 9 nitrogen and oxygen atoms in total. The lowest BCUT2D eigenvalue weighted by Gasteiger charge is -2.29. The SMILES string of the molecule is Cn1c(Nc2ccc(OC(F)(F)F)cc2)nc2cc(Oc3ccnc(NC(=O)CN4CCC4)c3)ccc21. The lowest BCUT2D eigenvalue weighted by atomic mass is 10.2. The van der Waals surface area contributed by atoms with Crippen LogP contribution >= 0.6 is 0 Å². The molecular weight excluding hydrogens is 489 g/mol. The number of halogens is 3. The Morgan fingerprint density at radius 1 is 1.03 bits per heavy atom. The number of pyridine rings is 1. The molecule has 2 aromatic carbocycles. The van der Waals surface area contributed by atoms with Gasteiger partial charge in [0.1, 0.15) is 23.1 Å². The third-order valence-electron chi connectivity index (χ3n) is 5.75. The summed E-state index contributed by atoms with van der Waals surface area (Å²) in [5.74, 6) is 1.51. The van der Waals surface area contributed by atoms with Crippen molar-refractivity contribution in [3.8, 4) is 17.2 Å². The molecule has 0 unspecified atom stereocenters. The fraction of sp³-hybridized carbons (Fsp3) is 0.240. The highest BCUT2D eigenvalue weighted by molar-refractivity contribution is 5.91. The molecule has 1 aliphatic rings. The van der Waals surface area contributed by atoms with Gasteiger partial charge in [0.2, 0.25) is 11.9 Å². The number of nitrogens with zero attached hydrogens (tertiary/aromatic N) is 4. The number of amides is 1. The van der Waals surface area contributed by atoms with Crippen LogP contribution in [0.25, 0.3) is 11.0 Å². The number of likely N-dealkylation sites (tertiary alicyclic amines) is 1. The van der Waals surface area contributed by atoms with E-state index in [1.807, 2.05) is 17.7 Å². The number of fused-ring (bicyclic) bond motifs is 1. The average Bonchev–Trinajstić information content (AvgIpc) is 3.11. The second-order valence-corrected chi connectivity index (χ2v) is 8.50. The van der Waals surface area contributed by atoms with E-state index in [1.54, 1.807) is 30.5 Å². The van der Waals surface area contributed by atoms with Gasteiger partial charge in [0.05, 0.1) is 17.6 Å². The maximum atomic E-state index is 12.4. The molecule has 4 aromatic rings. The van der Waals surface area contributed by atoms with Gasteiger partial charge in [-0.1, -0.05) is 0 Å². The van der Waals surface area contributed by atoms with Gasteiger partial charge in [-0.2, -0.15) is 0 Å². The number of anilines is 3. The Balaban J connectivity index is 1.26. The zero-order valence-electron chi connectivity index (χ0n) is 19.7. The molecule has 3 heterocycles. The molecule has 0 radical (unpaired) electrons. The third-order valence-corrected chi connectivity index (χ3v) is 5.75. The van der Waals surface area contributed by atoms with E-state index in [0.717, 1.165) is 25.0 Å². The Kier molecular flexibility index (Phi) is 6.57. The molecule has 1 saturated heterocycles. The van der Waals surface area contributed by atoms with Crippen molar-refractivity contribution >= 4 is 34.4 Å². The van der Waals surface area contributed by atoms with E-state index < -0.39 is 6.36 Å². The fourth-order valence-electron chi connectivity index (χ4n) is 3.83. The maximum Gasteiger partial charge on any atom is 0.573 e. The number of carbonyl (C=O) groups is 1. The van der Waals surface area contributed by atoms with Crippen molar-refractivity contribution in [1.29, 1.82) is 0 Å². The molecule has 2 aromatic heterocycles. The molecule has 0 spiro atoms. The topological polar surface area (TPSA) is 93.5 Å². The number of carbonyl (C=O) groups excluding carboxylic acids is 1. The van der Waals surface area contributed by atoms with Gasteiger partial charge in [-0.05, 0) is 62.0 Å². The average molecular weight is 512 g/mol. The van der Waals surface area contributed by atoms with Crippen molar-refractivity contribution < 1.29 is 27.4 Å². The van der Waals surface area contributed by atoms with Gasteiger partial charge >= 0.3 is 6.36 Å². The Labute approximate surface area is 209 Å². The van der Waals surface area contributed by atoms with Crippen LogP contribution in [-0.2, 0) is 11.8 Å². The van der Waals surface area contributed by atoms with Crippen molar-refractivity contribution in [3.63, 3.8) is 0 Å². The molecule has 1 fully saturated rings. The van der Waals surface area contributed by atoms with E-state index in [0.29, 0.717) is 41.0 Å². The second-order valence-electron chi connectivity index (χ2n) is 8.50. The van der Waals surface area contributed by atoms with E-state index in [1.165, 1.54) is 24.3 Å². The van der Waals surface area contributed by atoms with Gasteiger partial charge in [-0.25, -0.2) is 9.97 Å². The van der Waals surface area contributed by atoms with Crippen LogP contribution in [-0.4, -0.2) is 51.3 Å². The number of alkyl halides is 3. The number of hydrogen-bond donors (Lipinski definition) is 2. The van der Waals surface area contributed by atoms with E-state index in [-0.39, 0.29) is 11.7 Å². The monoisotopic (exact) mass is 512 g/mol. The highest BCUT2D eigenvalue weighted by Gasteiger charge is 2.31. The van der Waals surface area contributed by atoms with Crippen LogP contribution in [0.5, 0.6) is 17.2 Å². The zero-order valence-corrected chi connectivity index (χ0v) is 19.7. The molecule has 0 atom stereocenters. The number of nitrogens with one attached hydrogen (secondary N) is 2. The predicted octanol–water partition coefficient (Wildman–Crippen LogP) is 5.05. The van der Waals surface area contributed by atoms with Crippen LogP contribution in [0.3, 0.4) is 0 Å².